The van der Waals surface area contributed by atoms with Crippen LogP contribution in [0.1, 0.15) is 0 Å². The van der Waals surface area contributed by atoms with Crippen molar-refractivity contribution in [2.45, 2.75) is 0 Å². The van der Waals surface area contributed by atoms with E-state index in [1.54, 1.807) is 12.4 Å². The van der Waals surface area contributed by atoms with Crippen LogP contribution in [0, 0.1) is 0 Å². The predicted molar refractivity (Wildman–Crippen MR) is 63.9 cm³/mol. The fourth-order valence-electron chi connectivity index (χ4n) is 1.93. The maximum absolute atomic E-state index is 4.33. The van der Waals surface area contributed by atoms with Crippen molar-refractivity contribution in [1.29, 1.82) is 0 Å². The average Bonchev–Trinajstić information content (AvgIpc) is 2.69. The summed E-state index contributed by atoms with van der Waals surface area (Å²) in [6.07, 6.45) is 3.44. The second kappa shape index (κ2) is 3.45. The molecule has 3 heteroatoms. The molecule has 0 bridgehead atoms. The van der Waals surface area contributed by atoms with Crippen molar-refractivity contribution in [3.8, 4) is 11.3 Å². The lowest BCUT2D eigenvalue weighted by Crippen LogP contribution is -1.92. The Hall–Kier alpha value is -2.16. The summed E-state index contributed by atoms with van der Waals surface area (Å²) in [4.78, 5) is 8.63. The van der Waals surface area contributed by atoms with Crippen molar-refractivity contribution < 1.29 is 0 Å². The van der Waals surface area contributed by atoms with Crippen molar-refractivity contribution in [3.05, 3.63) is 48.8 Å². The molecule has 0 spiro atoms. The first kappa shape index (κ1) is 9.09. The molecule has 0 saturated heterocycles. The molecular formula is C13H11N3. The summed E-state index contributed by atoms with van der Waals surface area (Å²) in [5, 5.41) is 0. The Morgan fingerprint density at radius 2 is 1.75 bits per heavy atom. The Bertz CT molecular complexity index is 626. The number of hydrogen-bond acceptors (Lipinski definition) is 2. The van der Waals surface area contributed by atoms with Crippen LogP contribution in [0.5, 0.6) is 0 Å². The number of aromatic nitrogens is 3. The second-order valence-electron chi connectivity index (χ2n) is 3.72. The molecule has 0 amide bonds. The van der Waals surface area contributed by atoms with Crippen LogP contribution in [-0.2, 0) is 7.05 Å². The Kier molecular flexibility index (Phi) is 1.96. The first-order valence-electron chi connectivity index (χ1n) is 5.18. The van der Waals surface area contributed by atoms with E-state index < -0.39 is 0 Å². The highest BCUT2D eigenvalue weighted by molar-refractivity contribution is 5.80. The molecule has 0 aliphatic heterocycles. The van der Waals surface area contributed by atoms with Crippen molar-refractivity contribution >= 4 is 11.2 Å². The van der Waals surface area contributed by atoms with Crippen LogP contribution in [0.3, 0.4) is 0 Å². The third-order valence-electron chi connectivity index (χ3n) is 2.73. The zero-order chi connectivity index (χ0) is 11.0. The molecule has 2 heterocycles. The summed E-state index contributed by atoms with van der Waals surface area (Å²) in [6.45, 7) is 0. The van der Waals surface area contributed by atoms with Crippen LogP contribution < -0.4 is 0 Å². The van der Waals surface area contributed by atoms with Crippen LogP contribution in [0.4, 0.5) is 0 Å². The van der Waals surface area contributed by atoms with E-state index in [2.05, 4.69) is 32.7 Å². The van der Waals surface area contributed by atoms with Gasteiger partial charge in [-0.2, -0.15) is 0 Å². The number of fused-ring (bicyclic) bond motifs is 1. The van der Waals surface area contributed by atoms with E-state index in [9.17, 15) is 0 Å². The fraction of sp³-hybridized carbons (Fsp3) is 0.0769. The molecule has 3 nitrogen and oxygen atoms in total. The minimum absolute atomic E-state index is 0.918. The largest absolute Gasteiger partial charge is 0.327 e. The number of hydrogen-bond donors (Lipinski definition) is 0. The third kappa shape index (κ3) is 1.29. The van der Waals surface area contributed by atoms with Gasteiger partial charge in [-0.25, -0.2) is 4.98 Å². The van der Waals surface area contributed by atoms with Gasteiger partial charge in [-0.1, -0.05) is 30.3 Å². The van der Waals surface area contributed by atoms with Crippen molar-refractivity contribution in [1.82, 2.24) is 14.5 Å². The van der Waals surface area contributed by atoms with Crippen molar-refractivity contribution in [3.63, 3.8) is 0 Å². The molecule has 0 radical (unpaired) electrons. The molecule has 0 aliphatic rings. The summed E-state index contributed by atoms with van der Waals surface area (Å²) in [5.41, 5.74) is 4.18. The average molecular weight is 209 g/mol. The van der Waals surface area contributed by atoms with Crippen molar-refractivity contribution in [2.24, 2.45) is 7.05 Å². The molecule has 2 aromatic heterocycles. The molecule has 16 heavy (non-hydrogen) atoms. The highest BCUT2D eigenvalue weighted by Gasteiger charge is 2.08. The van der Waals surface area contributed by atoms with Gasteiger partial charge in [0.1, 0.15) is 5.52 Å². The summed E-state index contributed by atoms with van der Waals surface area (Å²) < 4.78 is 2.07. The van der Waals surface area contributed by atoms with Gasteiger partial charge in [0, 0.05) is 19.4 Å². The standard InChI is InChI=1S/C13H11N3/c1-16-12(10-5-3-2-4-6-10)9-11-13(16)15-8-7-14-11/h2-9H,1H3. The molecule has 3 rings (SSSR count). The van der Waals surface area contributed by atoms with Gasteiger partial charge in [0.25, 0.3) is 0 Å². The van der Waals surface area contributed by atoms with Gasteiger partial charge in [0.2, 0.25) is 0 Å². The minimum atomic E-state index is 0.918. The molecular weight excluding hydrogens is 198 g/mol. The van der Waals surface area contributed by atoms with Gasteiger partial charge in [-0.3, -0.25) is 4.98 Å². The van der Waals surface area contributed by atoms with Crippen molar-refractivity contribution in [2.75, 3.05) is 0 Å². The lowest BCUT2D eigenvalue weighted by Gasteiger charge is -2.02. The SMILES string of the molecule is Cn1c(-c2ccccc2)cc2nccnc21. The fourth-order valence-corrected chi connectivity index (χ4v) is 1.93. The first-order chi connectivity index (χ1) is 7.86. The monoisotopic (exact) mass is 209 g/mol. The van der Waals surface area contributed by atoms with Gasteiger partial charge in [0.05, 0.1) is 5.69 Å². The third-order valence-corrected chi connectivity index (χ3v) is 2.73. The Labute approximate surface area is 93.4 Å². The van der Waals surface area contributed by atoms with Crippen LogP contribution in [0.2, 0.25) is 0 Å². The molecule has 1 aromatic carbocycles. The van der Waals surface area contributed by atoms with Crippen LogP contribution in [-0.4, -0.2) is 14.5 Å². The smallest absolute Gasteiger partial charge is 0.158 e. The lowest BCUT2D eigenvalue weighted by molar-refractivity contribution is 0.954. The van der Waals surface area contributed by atoms with E-state index in [-0.39, 0.29) is 0 Å². The van der Waals surface area contributed by atoms with Gasteiger partial charge in [-0.15, -0.1) is 0 Å². The normalized spacial score (nSPS) is 10.8. The van der Waals surface area contributed by atoms with Gasteiger partial charge >= 0.3 is 0 Å². The van der Waals surface area contributed by atoms with Crippen LogP contribution >= 0.6 is 0 Å². The zero-order valence-electron chi connectivity index (χ0n) is 8.96. The van der Waals surface area contributed by atoms with Gasteiger partial charge in [0.15, 0.2) is 5.65 Å². The van der Waals surface area contributed by atoms with Gasteiger partial charge in [-0.05, 0) is 11.6 Å². The van der Waals surface area contributed by atoms with E-state index in [1.807, 2.05) is 25.2 Å². The van der Waals surface area contributed by atoms with E-state index in [0.29, 0.717) is 0 Å². The molecule has 0 atom stereocenters. The van der Waals surface area contributed by atoms with Crippen LogP contribution in [0.25, 0.3) is 22.4 Å². The lowest BCUT2D eigenvalue weighted by atomic mass is 10.1. The van der Waals surface area contributed by atoms with Gasteiger partial charge < -0.3 is 4.57 Å². The Morgan fingerprint density at radius 3 is 2.50 bits per heavy atom. The summed E-state index contributed by atoms with van der Waals surface area (Å²) in [6, 6.07) is 12.3. The number of rotatable bonds is 1. The maximum Gasteiger partial charge on any atom is 0.158 e. The van der Waals surface area contributed by atoms with E-state index >= 15 is 0 Å². The topological polar surface area (TPSA) is 30.7 Å². The van der Waals surface area contributed by atoms with Crippen LogP contribution in [0.15, 0.2) is 48.8 Å². The van der Waals surface area contributed by atoms with E-state index in [1.165, 1.54) is 5.56 Å². The summed E-state index contributed by atoms with van der Waals surface area (Å²) >= 11 is 0. The maximum atomic E-state index is 4.33. The number of benzene rings is 1. The molecule has 0 fully saturated rings. The summed E-state index contributed by atoms with van der Waals surface area (Å²) in [5.74, 6) is 0. The molecule has 0 saturated carbocycles. The predicted octanol–water partition coefficient (Wildman–Crippen LogP) is 2.64. The second-order valence-corrected chi connectivity index (χ2v) is 3.72. The molecule has 3 aromatic rings. The minimum Gasteiger partial charge on any atom is -0.327 e. The Balaban J connectivity index is 2.29. The molecule has 0 N–H and O–H groups in total. The highest BCUT2D eigenvalue weighted by atomic mass is 15.0. The number of aryl methyl sites for hydroxylation is 1. The molecule has 0 unspecified atom stereocenters. The summed E-state index contributed by atoms with van der Waals surface area (Å²) in [7, 11) is 2.01. The highest BCUT2D eigenvalue weighted by Crippen LogP contribution is 2.24. The quantitative estimate of drug-likeness (QED) is 0.616. The van der Waals surface area contributed by atoms with E-state index in [0.717, 1.165) is 16.9 Å². The first-order valence-corrected chi connectivity index (χ1v) is 5.18. The molecule has 78 valence electrons. The Morgan fingerprint density at radius 1 is 1.00 bits per heavy atom. The number of nitrogens with zero attached hydrogens (tertiary/aromatic N) is 3. The molecule has 0 aliphatic carbocycles. The van der Waals surface area contributed by atoms with E-state index in [4.69, 9.17) is 0 Å². The zero-order valence-corrected chi connectivity index (χ0v) is 8.96.